The smallest absolute Gasteiger partial charge is 0.182 e. The van der Waals surface area contributed by atoms with E-state index < -0.39 is 0 Å². The molecule has 0 atom stereocenters. The fourth-order valence-corrected chi connectivity index (χ4v) is 0.525. The Labute approximate surface area is 52.5 Å². The lowest BCUT2D eigenvalue weighted by atomic mass is 10.3. The molecule has 3 nitrogen and oxygen atoms in total. The maximum absolute atomic E-state index is 6.81. The lowest BCUT2D eigenvalue weighted by Crippen LogP contribution is -1.79. The molecule has 9 heavy (non-hydrogen) atoms. The van der Waals surface area contributed by atoms with E-state index in [0.29, 0.717) is 11.5 Å². The predicted molar refractivity (Wildman–Crippen MR) is 34.5 cm³/mol. The molecule has 0 fully saturated rings. The summed E-state index contributed by atoms with van der Waals surface area (Å²) in [6.45, 7) is 3.47. The molecule has 0 bridgehead atoms. The van der Waals surface area contributed by atoms with Crippen LogP contribution in [0.2, 0.25) is 0 Å². The van der Waals surface area contributed by atoms with Gasteiger partial charge in [0.15, 0.2) is 12.2 Å². The highest BCUT2D eigenvalue weighted by atomic mass is 16.3. The molecule has 1 aromatic heterocycles. The zero-order valence-corrected chi connectivity index (χ0v) is 4.79. The van der Waals surface area contributed by atoms with Crippen molar-refractivity contribution in [2.24, 2.45) is 0 Å². The van der Waals surface area contributed by atoms with Crippen LogP contribution in [0.1, 0.15) is 11.5 Å². The van der Waals surface area contributed by atoms with Gasteiger partial charge in [-0.1, -0.05) is 6.58 Å². The van der Waals surface area contributed by atoms with Gasteiger partial charge in [0.05, 0.1) is 0 Å². The molecular weight excluding hydrogens is 116 g/mol. The van der Waals surface area contributed by atoms with Gasteiger partial charge in [-0.3, -0.25) is 0 Å². The van der Waals surface area contributed by atoms with Gasteiger partial charge in [0.2, 0.25) is 0 Å². The van der Waals surface area contributed by atoms with Gasteiger partial charge in [-0.25, -0.2) is 4.98 Å². The van der Waals surface area contributed by atoms with Crippen molar-refractivity contribution in [1.29, 1.82) is 5.41 Å². The zero-order chi connectivity index (χ0) is 6.69. The van der Waals surface area contributed by atoms with Crippen molar-refractivity contribution in [3.05, 3.63) is 24.4 Å². The fraction of sp³-hybridized carbons (Fsp3) is 0. The molecule has 0 aromatic carbocycles. The van der Waals surface area contributed by atoms with Crippen LogP contribution in [0.4, 0.5) is 0 Å². The number of nitrogens with one attached hydrogen (secondary N) is 1. The summed E-state index contributed by atoms with van der Waals surface area (Å²) in [4.78, 5) is 3.72. The first-order valence-electron chi connectivity index (χ1n) is 2.45. The molecule has 0 spiro atoms. The molecule has 1 heterocycles. The van der Waals surface area contributed by atoms with Crippen LogP contribution in [0.3, 0.4) is 0 Å². The number of oxazole rings is 1. The summed E-state index contributed by atoms with van der Waals surface area (Å²) < 4.78 is 4.82. The molecule has 0 aliphatic rings. The molecule has 1 N–H and O–H groups in total. The summed E-state index contributed by atoms with van der Waals surface area (Å²) in [7, 11) is 0. The first kappa shape index (κ1) is 5.75. The van der Waals surface area contributed by atoms with E-state index in [4.69, 9.17) is 9.83 Å². The number of rotatable bonds is 2. The van der Waals surface area contributed by atoms with Crippen molar-refractivity contribution in [3.63, 3.8) is 0 Å². The van der Waals surface area contributed by atoms with Crippen molar-refractivity contribution in [2.45, 2.75) is 0 Å². The Kier molecular flexibility index (Phi) is 1.44. The van der Waals surface area contributed by atoms with Crippen LogP contribution in [-0.4, -0.2) is 11.2 Å². The highest BCUT2D eigenvalue weighted by molar-refractivity contribution is 5.78. The second kappa shape index (κ2) is 2.26. The van der Waals surface area contributed by atoms with Crippen molar-refractivity contribution >= 4 is 12.3 Å². The largest absolute Gasteiger partial charge is 0.443 e. The van der Waals surface area contributed by atoms with Crippen LogP contribution in [0.5, 0.6) is 0 Å². The summed E-state index contributed by atoms with van der Waals surface area (Å²) in [5, 5.41) is 6.81. The Balaban J connectivity index is 3.12. The van der Waals surface area contributed by atoms with Gasteiger partial charge in [-0.05, 0) is 6.08 Å². The van der Waals surface area contributed by atoms with Crippen molar-refractivity contribution in [1.82, 2.24) is 4.98 Å². The molecule has 0 amide bonds. The zero-order valence-electron chi connectivity index (χ0n) is 4.79. The third-order valence-corrected chi connectivity index (χ3v) is 0.946. The van der Waals surface area contributed by atoms with Crippen molar-refractivity contribution in [3.8, 4) is 0 Å². The van der Waals surface area contributed by atoms with E-state index in [-0.39, 0.29) is 0 Å². The molecule has 1 rings (SSSR count). The summed E-state index contributed by atoms with van der Waals surface area (Å²) in [5.41, 5.74) is 0.519. The monoisotopic (exact) mass is 122 g/mol. The van der Waals surface area contributed by atoms with E-state index in [2.05, 4.69) is 11.6 Å². The molecule has 0 unspecified atom stereocenters. The Bertz CT molecular complexity index is 204. The molecule has 0 radical (unpaired) electrons. The van der Waals surface area contributed by atoms with Crippen molar-refractivity contribution < 1.29 is 4.42 Å². The Morgan fingerprint density at radius 2 is 2.56 bits per heavy atom. The van der Waals surface area contributed by atoms with Gasteiger partial charge < -0.3 is 9.83 Å². The van der Waals surface area contributed by atoms with Crippen molar-refractivity contribution in [2.75, 3.05) is 0 Å². The average molecular weight is 122 g/mol. The normalized spacial score (nSPS) is 8.89. The summed E-state index contributed by atoms with van der Waals surface area (Å²) in [6.07, 6.45) is 3.94. The summed E-state index contributed by atoms with van der Waals surface area (Å²) in [6, 6.07) is 0. The van der Waals surface area contributed by atoms with Crippen LogP contribution in [0.15, 0.2) is 17.4 Å². The van der Waals surface area contributed by atoms with Crippen LogP contribution < -0.4 is 0 Å². The number of hydrogen-bond donors (Lipinski definition) is 1. The van der Waals surface area contributed by atoms with Crippen LogP contribution in [0.25, 0.3) is 6.08 Å². The molecule has 0 saturated heterocycles. The maximum Gasteiger partial charge on any atom is 0.182 e. The third kappa shape index (κ3) is 0.887. The predicted octanol–water partition coefficient (Wildman–Crippen LogP) is 1.32. The van der Waals surface area contributed by atoms with Crippen LogP contribution >= 0.6 is 0 Å². The van der Waals surface area contributed by atoms with Gasteiger partial charge in [-0.2, -0.15) is 0 Å². The minimum absolute atomic E-state index is 0.519. The Morgan fingerprint density at radius 3 is 3.00 bits per heavy atom. The van der Waals surface area contributed by atoms with E-state index in [9.17, 15) is 0 Å². The Hall–Kier alpha value is -1.38. The van der Waals surface area contributed by atoms with Gasteiger partial charge in [0, 0.05) is 6.21 Å². The summed E-state index contributed by atoms with van der Waals surface area (Å²) in [5.74, 6) is 0.546. The van der Waals surface area contributed by atoms with E-state index in [1.165, 1.54) is 12.5 Å². The van der Waals surface area contributed by atoms with Crippen LogP contribution in [-0.2, 0) is 0 Å². The number of nitrogens with zero attached hydrogens (tertiary/aromatic N) is 1. The molecule has 0 aliphatic heterocycles. The minimum atomic E-state index is 0.519. The highest BCUT2D eigenvalue weighted by Crippen LogP contribution is 2.03. The third-order valence-electron chi connectivity index (χ3n) is 0.946. The lowest BCUT2D eigenvalue weighted by Gasteiger charge is -1.80. The average Bonchev–Trinajstić information content (AvgIpc) is 2.33. The molecule has 0 aliphatic carbocycles. The van der Waals surface area contributed by atoms with Gasteiger partial charge in [0.25, 0.3) is 0 Å². The van der Waals surface area contributed by atoms with Crippen LogP contribution in [0, 0.1) is 5.41 Å². The van der Waals surface area contributed by atoms with E-state index in [1.807, 2.05) is 0 Å². The second-order valence-corrected chi connectivity index (χ2v) is 1.45. The number of hydrogen-bond acceptors (Lipinski definition) is 3. The SMILES string of the molecule is C=Cc1ocnc1C=N. The molecule has 1 aromatic rings. The van der Waals surface area contributed by atoms with Gasteiger partial charge in [0.1, 0.15) is 5.69 Å². The van der Waals surface area contributed by atoms with E-state index in [1.54, 1.807) is 0 Å². The molecule has 46 valence electrons. The van der Waals surface area contributed by atoms with Gasteiger partial charge in [-0.15, -0.1) is 0 Å². The fourth-order valence-electron chi connectivity index (χ4n) is 0.525. The minimum Gasteiger partial charge on any atom is -0.443 e. The highest BCUT2D eigenvalue weighted by Gasteiger charge is 1.97. The first-order chi connectivity index (χ1) is 4.38. The van der Waals surface area contributed by atoms with E-state index >= 15 is 0 Å². The quantitative estimate of drug-likeness (QED) is 0.601. The maximum atomic E-state index is 6.81. The second-order valence-electron chi connectivity index (χ2n) is 1.45. The molecule has 3 heteroatoms. The Morgan fingerprint density at radius 1 is 1.78 bits per heavy atom. The molecular formula is C6H6N2O. The summed E-state index contributed by atoms with van der Waals surface area (Å²) >= 11 is 0. The standard InChI is InChI=1S/C6H6N2O/c1-2-6-5(3-7)8-4-9-6/h2-4,7H,1H2. The topological polar surface area (TPSA) is 49.9 Å². The molecule has 0 saturated carbocycles. The number of aromatic nitrogens is 1. The lowest BCUT2D eigenvalue weighted by molar-refractivity contribution is 0.548. The van der Waals surface area contributed by atoms with Gasteiger partial charge >= 0.3 is 0 Å². The van der Waals surface area contributed by atoms with E-state index in [0.717, 1.165) is 6.21 Å². The first-order valence-corrected chi connectivity index (χ1v) is 2.45.